The molecule has 0 fully saturated rings. The van der Waals surface area contributed by atoms with Crippen LogP contribution >= 0.6 is 45.3 Å². The average molecular weight is 705 g/mol. The summed E-state index contributed by atoms with van der Waals surface area (Å²) >= 11 is 5.88. The molecule has 0 aliphatic carbocycles. The van der Waals surface area contributed by atoms with Gasteiger partial charge >= 0.3 is 23.9 Å². The fraction of sp³-hybridized carbons (Fsp3) is 0.310. The Bertz CT molecular complexity index is 1100. The molecule has 0 aliphatic rings. The summed E-state index contributed by atoms with van der Waals surface area (Å²) < 4.78 is 0. The van der Waals surface area contributed by atoms with Gasteiger partial charge in [-0.05, 0) is 45.8 Å². The van der Waals surface area contributed by atoms with Crippen molar-refractivity contribution in [3.8, 4) is 0 Å². The van der Waals surface area contributed by atoms with Crippen LogP contribution in [0.4, 0.5) is 0 Å². The van der Waals surface area contributed by atoms with E-state index in [1.807, 2.05) is 70.1 Å². The van der Waals surface area contributed by atoms with E-state index in [2.05, 4.69) is 0 Å². The van der Waals surface area contributed by atoms with E-state index >= 15 is 0 Å². The van der Waals surface area contributed by atoms with Crippen molar-refractivity contribution < 1.29 is 60.0 Å². The van der Waals surface area contributed by atoms with Crippen LogP contribution in [0.1, 0.15) is 19.5 Å². The molecule has 0 saturated heterocycles. The summed E-state index contributed by atoms with van der Waals surface area (Å²) in [4.78, 5) is 43.9. The Balaban J connectivity index is 0.000000538. The lowest BCUT2D eigenvalue weighted by molar-refractivity contribution is -0.137. The zero-order valence-corrected chi connectivity index (χ0v) is 27.2. The monoisotopic (exact) mass is 704 g/mol. The molecule has 4 aromatic rings. The maximum Gasteiger partial charge on any atom is 0.308 e. The average Bonchev–Trinajstić information content (AvgIpc) is 3.81. The van der Waals surface area contributed by atoms with Crippen LogP contribution < -0.4 is 0 Å². The van der Waals surface area contributed by atoms with Gasteiger partial charge in [0.2, 0.25) is 0 Å². The minimum absolute atomic E-state index is 0.150. The van der Waals surface area contributed by atoms with Gasteiger partial charge in [-0.15, -0.1) is 45.3 Å². The van der Waals surface area contributed by atoms with Gasteiger partial charge in [-0.1, -0.05) is 24.3 Å². The molecule has 0 unspecified atom stereocenters. The molecule has 45 heavy (non-hydrogen) atoms. The van der Waals surface area contributed by atoms with Crippen molar-refractivity contribution >= 4 is 69.2 Å². The zero-order valence-electron chi connectivity index (χ0n) is 23.9. The highest BCUT2D eigenvalue weighted by atomic mass is 32.1. The highest BCUT2D eigenvalue weighted by Gasteiger charge is 2.26. The smallest absolute Gasteiger partial charge is 0.308 e. The lowest BCUT2D eigenvalue weighted by Gasteiger charge is -2.23. The molecule has 0 radical (unpaired) electrons. The van der Waals surface area contributed by atoms with Crippen LogP contribution in [0.15, 0.2) is 70.1 Å². The summed E-state index contributed by atoms with van der Waals surface area (Å²) in [6.45, 7) is -1.62. The molecular weight excluding hydrogens is 669 g/mol. The second-order valence-electron chi connectivity index (χ2n) is 8.73. The van der Waals surface area contributed by atoms with Gasteiger partial charge in [0.25, 0.3) is 0 Å². The third-order valence-corrected chi connectivity index (χ3v) is 8.47. The van der Waals surface area contributed by atoms with Gasteiger partial charge in [0.15, 0.2) is 0 Å². The van der Waals surface area contributed by atoms with Crippen molar-refractivity contribution in [1.29, 1.82) is 0 Å². The van der Waals surface area contributed by atoms with Crippen LogP contribution in [0.5, 0.6) is 0 Å². The first-order valence-corrected chi connectivity index (χ1v) is 16.3. The number of aliphatic hydroxyl groups is 4. The van der Waals surface area contributed by atoms with Gasteiger partial charge in [0.05, 0.1) is 57.5 Å². The van der Waals surface area contributed by atoms with Gasteiger partial charge in [0, 0.05) is 19.5 Å². The molecule has 248 valence electrons. The normalized spacial score (nSPS) is 9.87. The third kappa shape index (κ3) is 21.8. The number of hydrogen-bond donors (Lipinski definition) is 8. The van der Waals surface area contributed by atoms with Crippen molar-refractivity contribution in [3.05, 3.63) is 89.6 Å². The molecule has 12 nitrogen and oxygen atoms in total. The minimum atomic E-state index is -1.11. The first-order valence-electron chi connectivity index (χ1n) is 12.8. The Kier molecular flexibility index (Phi) is 22.9. The van der Waals surface area contributed by atoms with Gasteiger partial charge in [-0.25, -0.2) is 0 Å². The van der Waals surface area contributed by atoms with E-state index < -0.39 is 55.7 Å². The predicted octanol–water partition coefficient (Wildman–Crippen LogP) is 3.44. The van der Waals surface area contributed by atoms with Gasteiger partial charge in [-0.3, -0.25) is 19.2 Å². The molecule has 0 aromatic carbocycles. The SMILES string of the molecule is O=C(O)Cc1cccs1.O=C(O)Cc1cccs1.O=C(O)Cc1cccs1.O=C(O)Cc1cccs1.OCC(CO)(CO)CO. The van der Waals surface area contributed by atoms with Crippen LogP contribution in [0.2, 0.25) is 0 Å². The molecule has 0 saturated carbocycles. The Morgan fingerprint density at radius 2 is 0.644 bits per heavy atom. The number of carboxylic acids is 4. The number of hydrogen-bond acceptors (Lipinski definition) is 12. The lowest BCUT2D eigenvalue weighted by Crippen LogP contribution is -2.37. The number of rotatable bonds is 12. The zero-order chi connectivity index (χ0) is 34.1. The quantitative estimate of drug-likeness (QED) is 0.106. The topological polar surface area (TPSA) is 230 Å². The lowest BCUT2D eigenvalue weighted by atomic mass is 9.93. The number of thiophene rings is 4. The maximum absolute atomic E-state index is 10.1. The number of carbonyl (C=O) groups is 4. The molecule has 4 heterocycles. The van der Waals surface area contributed by atoms with Crippen LogP contribution in [0.25, 0.3) is 0 Å². The minimum Gasteiger partial charge on any atom is -0.481 e. The first-order chi connectivity index (χ1) is 21.4. The van der Waals surface area contributed by atoms with Crippen molar-refractivity contribution in [1.82, 2.24) is 0 Å². The molecule has 8 N–H and O–H groups in total. The van der Waals surface area contributed by atoms with Crippen molar-refractivity contribution in [2.75, 3.05) is 26.4 Å². The highest BCUT2D eigenvalue weighted by Crippen LogP contribution is 2.12. The Hall–Kier alpha value is -3.48. The molecule has 0 amide bonds. The molecule has 4 aromatic heterocycles. The Morgan fingerprint density at radius 3 is 0.733 bits per heavy atom. The molecule has 4 rings (SSSR count). The maximum atomic E-state index is 10.1. The third-order valence-electron chi connectivity index (χ3n) is 4.96. The summed E-state index contributed by atoms with van der Waals surface area (Å²) in [5.41, 5.74) is -1.11. The standard InChI is InChI=1S/4C6H6O2S.C5H12O4/c4*7-6(8)4-5-2-1-3-9-5;6-1-5(2-7,3-8)4-9/h4*1-3H,4H2,(H,7,8);6-9H,1-4H2. The predicted molar refractivity (Wildman–Crippen MR) is 173 cm³/mol. The van der Waals surface area contributed by atoms with E-state index in [1.165, 1.54) is 45.3 Å². The molecular formula is C29H36O12S4. The fourth-order valence-electron chi connectivity index (χ4n) is 2.55. The van der Waals surface area contributed by atoms with E-state index in [0.29, 0.717) is 0 Å². The van der Waals surface area contributed by atoms with Gasteiger partial charge in [0.1, 0.15) is 0 Å². The number of carboxylic acid groups (broad SMARTS) is 4. The van der Waals surface area contributed by atoms with Crippen LogP contribution in [-0.4, -0.2) is 91.2 Å². The summed E-state index contributed by atoms with van der Waals surface area (Å²) in [6.07, 6.45) is 0.602. The second-order valence-corrected chi connectivity index (χ2v) is 12.9. The summed E-state index contributed by atoms with van der Waals surface area (Å²) in [6, 6.07) is 14.7. The van der Waals surface area contributed by atoms with Gasteiger partial charge in [-0.2, -0.15) is 0 Å². The van der Waals surface area contributed by atoms with E-state index in [1.54, 1.807) is 0 Å². The fourth-order valence-corrected chi connectivity index (χ4v) is 5.33. The van der Waals surface area contributed by atoms with E-state index in [9.17, 15) is 19.2 Å². The van der Waals surface area contributed by atoms with Crippen LogP contribution in [-0.2, 0) is 44.9 Å². The number of aliphatic hydroxyl groups excluding tert-OH is 4. The molecule has 0 spiro atoms. The van der Waals surface area contributed by atoms with Crippen molar-refractivity contribution in [3.63, 3.8) is 0 Å². The number of aliphatic carboxylic acids is 4. The van der Waals surface area contributed by atoms with E-state index in [0.717, 1.165) is 19.5 Å². The first kappa shape index (κ1) is 41.5. The van der Waals surface area contributed by atoms with Crippen molar-refractivity contribution in [2.24, 2.45) is 5.41 Å². The Labute approximate surface area is 275 Å². The highest BCUT2D eigenvalue weighted by molar-refractivity contribution is 7.10. The second kappa shape index (κ2) is 24.8. The van der Waals surface area contributed by atoms with Crippen LogP contribution in [0, 0.1) is 5.41 Å². The molecule has 0 aliphatic heterocycles. The van der Waals surface area contributed by atoms with E-state index in [-0.39, 0.29) is 25.7 Å². The summed E-state index contributed by atoms with van der Waals surface area (Å²) in [5.74, 6) is -3.06. The Morgan fingerprint density at radius 1 is 0.444 bits per heavy atom. The molecule has 0 bridgehead atoms. The molecule has 16 heteroatoms. The van der Waals surface area contributed by atoms with Crippen molar-refractivity contribution in [2.45, 2.75) is 25.7 Å². The van der Waals surface area contributed by atoms with E-state index in [4.69, 9.17) is 40.9 Å². The molecule has 0 atom stereocenters. The largest absolute Gasteiger partial charge is 0.481 e. The van der Waals surface area contributed by atoms with Crippen LogP contribution in [0.3, 0.4) is 0 Å². The summed E-state index contributed by atoms with van der Waals surface area (Å²) in [5, 5.41) is 74.6. The summed E-state index contributed by atoms with van der Waals surface area (Å²) in [7, 11) is 0. The van der Waals surface area contributed by atoms with Gasteiger partial charge < -0.3 is 40.9 Å².